The van der Waals surface area contributed by atoms with Crippen molar-refractivity contribution in [2.75, 3.05) is 12.3 Å². The summed E-state index contributed by atoms with van der Waals surface area (Å²) in [5.41, 5.74) is 9.22. The molecule has 0 amide bonds. The molecule has 0 radical (unpaired) electrons. The maximum absolute atomic E-state index is 6.00. The number of nitrogens with one attached hydrogen (secondary N) is 1. The maximum Gasteiger partial charge on any atom is 0.128 e. The van der Waals surface area contributed by atoms with Gasteiger partial charge in [0.25, 0.3) is 0 Å². The second-order valence-electron chi connectivity index (χ2n) is 4.62. The summed E-state index contributed by atoms with van der Waals surface area (Å²) in [5.74, 6) is 0.590. The van der Waals surface area contributed by atoms with Crippen LogP contribution in [0, 0.1) is 6.92 Å². The summed E-state index contributed by atoms with van der Waals surface area (Å²) < 4.78 is 0. The molecular formula is C15H20N4. The molecule has 0 aromatic carbocycles. The molecule has 100 valence electrons. The standard InChI is InChI=1S/C15H20N4/c1-3-17-14(9-12-6-4-5-7-18-12)13-8-11(2)10-19-15(13)16/h4-8,10,14,17H,3,9H2,1-2H3,(H2,16,19). The van der Waals surface area contributed by atoms with Crippen molar-refractivity contribution >= 4 is 5.82 Å². The zero-order chi connectivity index (χ0) is 13.7. The third kappa shape index (κ3) is 3.51. The Morgan fingerprint density at radius 3 is 2.84 bits per heavy atom. The van der Waals surface area contributed by atoms with E-state index in [1.165, 1.54) is 0 Å². The van der Waals surface area contributed by atoms with Crippen LogP contribution < -0.4 is 11.1 Å². The Balaban J connectivity index is 2.27. The largest absolute Gasteiger partial charge is 0.383 e. The van der Waals surface area contributed by atoms with Crippen LogP contribution in [0.3, 0.4) is 0 Å². The average molecular weight is 256 g/mol. The zero-order valence-electron chi connectivity index (χ0n) is 11.4. The number of rotatable bonds is 5. The molecule has 4 nitrogen and oxygen atoms in total. The third-order valence-corrected chi connectivity index (χ3v) is 3.05. The third-order valence-electron chi connectivity index (χ3n) is 3.05. The summed E-state index contributed by atoms with van der Waals surface area (Å²) in [4.78, 5) is 8.62. The molecule has 4 heteroatoms. The maximum atomic E-state index is 6.00. The minimum Gasteiger partial charge on any atom is -0.383 e. The van der Waals surface area contributed by atoms with E-state index in [1.807, 2.05) is 31.3 Å². The van der Waals surface area contributed by atoms with Gasteiger partial charge in [-0.05, 0) is 37.2 Å². The van der Waals surface area contributed by atoms with Crippen LogP contribution in [0.2, 0.25) is 0 Å². The Kier molecular flexibility index (Phi) is 4.47. The molecule has 19 heavy (non-hydrogen) atoms. The molecule has 0 bridgehead atoms. The number of nitrogens with zero attached hydrogens (tertiary/aromatic N) is 2. The molecule has 1 atom stereocenters. The second-order valence-corrected chi connectivity index (χ2v) is 4.62. The van der Waals surface area contributed by atoms with Gasteiger partial charge in [-0.25, -0.2) is 4.98 Å². The summed E-state index contributed by atoms with van der Waals surface area (Å²) in [6, 6.07) is 8.20. The van der Waals surface area contributed by atoms with E-state index in [1.54, 1.807) is 6.20 Å². The van der Waals surface area contributed by atoms with Gasteiger partial charge in [-0.1, -0.05) is 13.0 Å². The minimum atomic E-state index is 0.146. The van der Waals surface area contributed by atoms with Crippen LogP contribution in [0.25, 0.3) is 0 Å². The van der Waals surface area contributed by atoms with E-state index in [2.05, 4.69) is 28.3 Å². The highest BCUT2D eigenvalue weighted by atomic mass is 14.9. The first-order valence-electron chi connectivity index (χ1n) is 6.56. The van der Waals surface area contributed by atoms with E-state index in [4.69, 9.17) is 5.73 Å². The quantitative estimate of drug-likeness (QED) is 0.861. The normalized spacial score (nSPS) is 12.3. The van der Waals surface area contributed by atoms with Crippen LogP contribution in [0.5, 0.6) is 0 Å². The fourth-order valence-corrected chi connectivity index (χ4v) is 2.15. The summed E-state index contributed by atoms with van der Waals surface area (Å²) in [7, 11) is 0. The van der Waals surface area contributed by atoms with Crippen molar-refractivity contribution in [1.29, 1.82) is 0 Å². The van der Waals surface area contributed by atoms with Crippen molar-refractivity contribution in [3.8, 4) is 0 Å². The van der Waals surface area contributed by atoms with Crippen LogP contribution in [-0.2, 0) is 6.42 Å². The molecule has 0 aliphatic heterocycles. The number of anilines is 1. The topological polar surface area (TPSA) is 63.8 Å². The lowest BCUT2D eigenvalue weighted by atomic mass is 10.0. The minimum absolute atomic E-state index is 0.146. The molecule has 0 aliphatic carbocycles. The number of hydrogen-bond acceptors (Lipinski definition) is 4. The van der Waals surface area contributed by atoms with Gasteiger partial charge < -0.3 is 11.1 Å². The van der Waals surface area contributed by atoms with Crippen molar-refractivity contribution in [2.45, 2.75) is 26.3 Å². The van der Waals surface area contributed by atoms with Gasteiger partial charge in [0.1, 0.15) is 5.82 Å². The van der Waals surface area contributed by atoms with Crippen molar-refractivity contribution in [2.24, 2.45) is 0 Å². The molecule has 0 fully saturated rings. The van der Waals surface area contributed by atoms with E-state index in [9.17, 15) is 0 Å². The predicted octanol–water partition coefficient (Wildman–Crippen LogP) is 2.26. The Labute approximate surface area is 114 Å². The van der Waals surface area contributed by atoms with Crippen molar-refractivity contribution in [3.63, 3.8) is 0 Å². The Bertz CT molecular complexity index is 525. The van der Waals surface area contributed by atoms with E-state index in [0.29, 0.717) is 5.82 Å². The van der Waals surface area contributed by atoms with Crippen molar-refractivity contribution < 1.29 is 0 Å². The summed E-state index contributed by atoms with van der Waals surface area (Å²) >= 11 is 0. The highest BCUT2D eigenvalue weighted by Crippen LogP contribution is 2.22. The van der Waals surface area contributed by atoms with Crippen LogP contribution >= 0.6 is 0 Å². The average Bonchev–Trinajstić information content (AvgIpc) is 2.42. The molecule has 0 aliphatic rings. The molecule has 2 rings (SSSR count). The SMILES string of the molecule is CCNC(Cc1ccccn1)c1cc(C)cnc1N. The highest BCUT2D eigenvalue weighted by molar-refractivity contribution is 5.43. The number of likely N-dealkylation sites (N-methyl/N-ethyl adjacent to an activating group) is 1. The highest BCUT2D eigenvalue weighted by Gasteiger charge is 2.15. The monoisotopic (exact) mass is 256 g/mol. The fourth-order valence-electron chi connectivity index (χ4n) is 2.15. The molecule has 0 saturated carbocycles. The molecule has 0 spiro atoms. The lowest BCUT2D eigenvalue weighted by Crippen LogP contribution is -2.24. The number of aryl methyl sites for hydroxylation is 1. The van der Waals surface area contributed by atoms with Gasteiger partial charge in [-0.2, -0.15) is 0 Å². The number of nitrogen functional groups attached to an aromatic ring is 1. The zero-order valence-corrected chi connectivity index (χ0v) is 11.4. The molecule has 1 unspecified atom stereocenters. The lowest BCUT2D eigenvalue weighted by Gasteiger charge is -2.19. The van der Waals surface area contributed by atoms with Crippen molar-refractivity contribution in [3.05, 3.63) is 53.5 Å². The first-order valence-corrected chi connectivity index (χ1v) is 6.56. The van der Waals surface area contributed by atoms with Gasteiger partial charge in [0, 0.05) is 36.1 Å². The van der Waals surface area contributed by atoms with Gasteiger partial charge in [-0.3, -0.25) is 4.98 Å². The van der Waals surface area contributed by atoms with Crippen LogP contribution in [0.4, 0.5) is 5.82 Å². The van der Waals surface area contributed by atoms with E-state index < -0.39 is 0 Å². The summed E-state index contributed by atoms with van der Waals surface area (Å²) in [6.45, 7) is 5.00. The molecular weight excluding hydrogens is 236 g/mol. The number of pyridine rings is 2. The molecule has 3 N–H and O–H groups in total. The number of nitrogens with two attached hydrogens (primary N) is 1. The van der Waals surface area contributed by atoms with Gasteiger partial charge in [0.05, 0.1) is 0 Å². The number of aromatic nitrogens is 2. The first kappa shape index (κ1) is 13.5. The van der Waals surface area contributed by atoms with E-state index >= 15 is 0 Å². The van der Waals surface area contributed by atoms with Gasteiger partial charge in [0.15, 0.2) is 0 Å². The lowest BCUT2D eigenvalue weighted by molar-refractivity contribution is 0.544. The molecule has 2 heterocycles. The molecule has 0 saturated heterocycles. The van der Waals surface area contributed by atoms with Gasteiger partial charge in [0.2, 0.25) is 0 Å². The van der Waals surface area contributed by atoms with Crippen LogP contribution in [0.1, 0.15) is 29.8 Å². The first-order chi connectivity index (χ1) is 9.20. The smallest absolute Gasteiger partial charge is 0.128 e. The molecule has 2 aromatic heterocycles. The van der Waals surface area contributed by atoms with Crippen LogP contribution in [0.15, 0.2) is 36.7 Å². The Morgan fingerprint density at radius 1 is 1.32 bits per heavy atom. The summed E-state index contributed by atoms with van der Waals surface area (Å²) in [5, 5.41) is 3.46. The van der Waals surface area contributed by atoms with E-state index in [0.717, 1.165) is 29.8 Å². The molecule has 2 aromatic rings. The van der Waals surface area contributed by atoms with Crippen LogP contribution in [-0.4, -0.2) is 16.5 Å². The fraction of sp³-hybridized carbons (Fsp3) is 0.333. The van der Waals surface area contributed by atoms with Crippen molar-refractivity contribution in [1.82, 2.24) is 15.3 Å². The predicted molar refractivity (Wildman–Crippen MR) is 77.7 cm³/mol. The Morgan fingerprint density at radius 2 is 2.16 bits per heavy atom. The second kappa shape index (κ2) is 6.29. The number of hydrogen-bond donors (Lipinski definition) is 2. The Hall–Kier alpha value is -1.94. The summed E-state index contributed by atoms with van der Waals surface area (Å²) in [6.07, 6.45) is 4.42. The van der Waals surface area contributed by atoms with Gasteiger partial charge in [-0.15, -0.1) is 0 Å². The van der Waals surface area contributed by atoms with Gasteiger partial charge >= 0.3 is 0 Å². The van der Waals surface area contributed by atoms with E-state index in [-0.39, 0.29) is 6.04 Å².